The van der Waals surface area contributed by atoms with Gasteiger partial charge in [-0.05, 0) is 37.6 Å². The summed E-state index contributed by atoms with van der Waals surface area (Å²) in [5, 5.41) is 9.56. The predicted octanol–water partition coefficient (Wildman–Crippen LogP) is 2.63. The zero-order valence-electron chi connectivity index (χ0n) is 9.77. The Bertz CT molecular complexity index is 398. The maximum absolute atomic E-state index is 10.7. The Morgan fingerprint density at radius 1 is 1.41 bits per heavy atom. The lowest BCUT2D eigenvalue weighted by Gasteiger charge is -2.39. The first kappa shape index (κ1) is 12.4. The second-order valence-electron chi connectivity index (χ2n) is 4.70. The minimum absolute atomic E-state index is 0.146. The number of hydrogen-bond acceptors (Lipinski definition) is 2. The van der Waals surface area contributed by atoms with E-state index in [1.54, 1.807) is 0 Å². The topological polar surface area (TPSA) is 40.5 Å². The van der Waals surface area contributed by atoms with E-state index in [-0.39, 0.29) is 5.92 Å². The van der Waals surface area contributed by atoms with Gasteiger partial charge in [-0.1, -0.05) is 23.7 Å². The summed E-state index contributed by atoms with van der Waals surface area (Å²) in [5.74, 6) is -0.811. The van der Waals surface area contributed by atoms with Crippen LogP contribution < -0.4 is 0 Å². The van der Waals surface area contributed by atoms with Crippen molar-refractivity contribution in [1.82, 2.24) is 4.90 Å². The van der Waals surface area contributed by atoms with Crippen molar-refractivity contribution in [3.8, 4) is 0 Å². The molecule has 92 valence electrons. The number of benzene rings is 1. The summed E-state index contributed by atoms with van der Waals surface area (Å²) in [6, 6.07) is 8.17. The van der Waals surface area contributed by atoms with E-state index in [1.165, 1.54) is 5.56 Å². The molecule has 1 aromatic rings. The predicted molar refractivity (Wildman–Crippen MR) is 67.1 cm³/mol. The average molecular weight is 254 g/mol. The summed E-state index contributed by atoms with van der Waals surface area (Å²) in [4.78, 5) is 12.9. The molecule has 1 saturated carbocycles. The van der Waals surface area contributed by atoms with Crippen LogP contribution in [0, 0.1) is 5.92 Å². The van der Waals surface area contributed by atoms with E-state index in [1.807, 2.05) is 31.3 Å². The molecule has 1 aromatic carbocycles. The summed E-state index contributed by atoms with van der Waals surface area (Å²) in [5.41, 5.74) is 1.20. The molecule has 0 spiro atoms. The minimum atomic E-state index is -0.666. The number of halogens is 1. The largest absolute Gasteiger partial charge is 0.481 e. The SMILES string of the molecule is CN(Cc1ccc(Cl)cc1)C1CC(C(=O)O)C1. The van der Waals surface area contributed by atoms with Gasteiger partial charge in [-0.3, -0.25) is 9.69 Å². The van der Waals surface area contributed by atoms with E-state index >= 15 is 0 Å². The first-order valence-corrected chi connectivity index (χ1v) is 6.11. The summed E-state index contributed by atoms with van der Waals surface area (Å²) < 4.78 is 0. The fourth-order valence-electron chi connectivity index (χ4n) is 2.16. The minimum Gasteiger partial charge on any atom is -0.481 e. The fourth-order valence-corrected chi connectivity index (χ4v) is 2.28. The van der Waals surface area contributed by atoms with E-state index in [2.05, 4.69) is 4.90 Å². The van der Waals surface area contributed by atoms with Gasteiger partial charge in [0.2, 0.25) is 0 Å². The van der Waals surface area contributed by atoms with Crippen molar-refractivity contribution in [2.75, 3.05) is 7.05 Å². The van der Waals surface area contributed by atoms with E-state index in [9.17, 15) is 4.79 Å². The highest BCUT2D eigenvalue weighted by atomic mass is 35.5. The molecule has 0 bridgehead atoms. The Morgan fingerprint density at radius 2 is 2.00 bits per heavy atom. The van der Waals surface area contributed by atoms with Crippen LogP contribution in [0.4, 0.5) is 0 Å². The average Bonchev–Trinajstić information content (AvgIpc) is 2.18. The van der Waals surface area contributed by atoms with Crippen molar-refractivity contribution in [1.29, 1.82) is 0 Å². The molecular formula is C13H16ClNO2. The van der Waals surface area contributed by atoms with Gasteiger partial charge >= 0.3 is 5.97 Å². The van der Waals surface area contributed by atoms with Crippen molar-refractivity contribution < 1.29 is 9.90 Å². The molecule has 4 heteroatoms. The normalized spacial score (nSPS) is 23.5. The molecule has 2 rings (SSSR count). The highest BCUT2D eigenvalue weighted by molar-refractivity contribution is 6.30. The molecule has 0 heterocycles. The molecule has 0 atom stereocenters. The second kappa shape index (κ2) is 5.07. The summed E-state index contributed by atoms with van der Waals surface area (Å²) >= 11 is 5.82. The lowest BCUT2D eigenvalue weighted by atomic mass is 9.79. The van der Waals surface area contributed by atoms with Crippen molar-refractivity contribution >= 4 is 17.6 Å². The van der Waals surface area contributed by atoms with Gasteiger partial charge in [0.15, 0.2) is 0 Å². The molecule has 0 aliphatic heterocycles. The van der Waals surface area contributed by atoms with E-state index < -0.39 is 5.97 Å². The van der Waals surface area contributed by atoms with Crippen LogP contribution in [0.15, 0.2) is 24.3 Å². The van der Waals surface area contributed by atoms with Crippen LogP contribution in [-0.4, -0.2) is 29.1 Å². The van der Waals surface area contributed by atoms with Crippen molar-refractivity contribution in [2.45, 2.75) is 25.4 Å². The van der Waals surface area contributed by atoms with Gasteiger partial charge in [-0.15, -0.1) is 0 Å². The fraction of sp³-hybridized carbons (Fsp3) is 0.462. The Hall–Kier alpha value is -1.06. The van der Waals surface area contributed by atoms with Gasteiger partial charge in [0.1, 0.15) is 0 Å². The number of carboxylic acid groups (broad SMARTS) is 1. The summed E-state index contributed by atoms with van der Waals surface area (Å²) in [6.45, 7) is 0.841. The lowest BCUT2D eigenvalue weighted by Crippen LogP contribution is -2.44. The van der Waals surface area contributed by atoms with Crippen LogP contribution in [-0.2, 0) is 11.3 Å². The number of hydrogen-bond donors (Lipinski definition) is 1. The quantitative estimate of drug-likeness (QED) is 0.897. The molecular weight excluding hydrogens is 238 g/mol. The van der Waals surface area contributed by atoms with Gasteiger partial charge in [-0.25, -0.2) is 0 Å². The number of carbonyl (C=O) groups is 1. The zero-order valence-corrected chi connectivity index (χ0v) is 10.5. The van der Waals surface area contributed by atoms with Crippen molar-refractivity contribution in [3.05, 3.63) is 34.9 Å². The Labute approximate surface area is 106 Å². The van der Waals surface area contributed by atoms with Gasteiger partial charge in [-0.2, -0.15) is 0 Å². The molecule has 0 aromatic heterocycles. The number of aliphatic carboxylic acids is 1. The molecule has 17 heavy (non-hydrogen) atoms. The molecule has 0 radical (unpaired) electrons. The second-order valence-corrected chi connectivity index (χ2v) is 5.14. The summed E-state index contributed by atoms with van der Waals surface area (Å²) in [7, 11) is 2.04. The smallest absolute Gasteiger partial charge is 0.306 e. The van der Waals surface area contributed by atoms with Crippen LogP contribution in [0.2, 0.25) is 5.02 Å². The van der Waals surface area contributed by atoms with Crippen LogP contribution in [0.25, 0.3) is 0 Å². The van der Waals surface area contributed by atoms with Crippen molar-refractivity contribution in [3.63, 3.8) is 0 Å². The molecule has 1 fully saturated rings. The molecule has 3 nitrogen and oxygen atoms in total. The Morgan fingerprint density at radius 3 is 2.53 bits per heavy atom. The maximum atomic E-state index is 10.7. The monoisotopic (exact) mass is 253 g/mol. The molecule has 1 aliphatic carbocycles. The number of carboxylic acids is 1. The standard InChI is InChI=1S/C13H16ClNO2/c1-15(12-6-10(7-12)13(16)17)8-9-2-4-11(14)5-3-9/h2-5,10,12H,6-8H2,1H3,(H,16,17). The molecule has 0 amide bonds. The highest BCUT2D eigenvalue weighted by Gasteiger charge is 2.36. The first-order chi connectivity index (χ1) is 8.06. The van der Waals surface area contributed by atoms with Crippen LogP contribution >= 0.6 is 11.6 Å². The Balaban J connectivity index is 1.84. The van der Waals surface area contributed by atoms with Crippen LogP contribution in [0.3, 0.4) is 0 Å². The van der Waals surface area contributed by atoms with Crippen LogP contribution in [0.1, 0.15) is 18.4 Å². The highest BCUT2D eigenvalue weighted by Crippen LogP contribution is 2.31. The number of rotatable bonds is 4. The van der Waals surface area contributed by atoms with Gasteiger partial charge in [0, 0.05) is 17.6 Å². The first-order valence-electron chi connectivity index (χ1n) is 5.73. The van der Waals surface area contributed by atoms with Crippen molar-refractivity contribution in [2.24, 2.45) is 5.92 Å². The van der Waals surface area contributed by atoms with Gasteiger partial charge < -0.3 is 5.11 Å². The third-order valence-corrected chi connectivity index (χ3v) is 3.68. The zero-order chi connectivity index (χ0) is 12.4. The van der Waals surface area contributed by atoms with Gasteiger partial charge in [0.25, 0.3) is 0 Å². The molecule has 1 aliphatic rings. The van der Waals surface area contributed by atoms with Crippen LogP contribution in [0.5, 0.6) is 0 Å². The third kappa shape index (κ3) is 2.99. The molecule has 0 unspecified atom stereocenters. The van der Waals surface area contributed by atoms with E-state index in [0.717, 1.165) is 24.4 Å². The van der Waals surface area contributed by atoms with Gasteiger partial charge in [0.05, 0.1) is 5.92 Å². The molecule has 0 saturated heterocycles. The lowest BCUT2D eigenvalue weighted by molar-refractivity contribution is -0.146. The molecule has 1 N–H and O–H groups in total. The Kier molecular flexibility index (Phi) is 3.69. The third-order valence-electron chi connectivity index (χ3n) is 3.43. The summed E-state index contributed by atoms with van der Waals surface area (Å²) in [6.07, 6.45) is 1.53. The van der Waals surface area contributed by atoms with E-state index in [4.69, 9.17) is 16.7 Å². The number of nitrogens with zero attached hydrogens (tertiary/aromatic N) is 1. The maximum Gasteiger partial charge on any atom is 0.306 e. The van der Waals surface area contributed by atoms with E-state index in [0.29, 0.717) is 6.04 Å².